The van der Waals surface area contributed by atoms with Gasteiger partial charge < -0.3 is 10.1 Å². The Morgan fingerprint density at radius 3 is 2.58 bits per heavy atom. The molecule has 31 heavy (non-hydrogen) atoms. The van der Waals surface area contributed by atoms with Crippen molar-refractivity contribution in [2.75, 3.05) is 18.0 Å². The van der Waals surface area contributed by atoms with Crippen LogP contribution in [0.2, 0.25) is 5.02 Å². The largest absolute Gasteiger partial charge is 0.496 e. The van der Waals surface area contributed by atoms with E-state index in [2.05, 4.69) is 5.32 Å². The van der Waals surface area contributed by atoms with Crippen molar-refractivity contribution < 1.29 is 17.9 Å². The molecule has 0 bridgehead atoms. The topological polar surface area (TPSA) is 75.7 Å². The zero-order valence-electron chi connectivity index (χ0n) is 16.8. The molecule has 0 fully saturated rings. The molecule has 1 amide bonds. The van der Waals surface area contributed by atoms with E-state index < -0.39 is 15.9 Å². The van der Waals surface area contributed by atoms with Crippen LogP contribution in [-0.2, 0) is 23.0 Å². The number of amides is 1. The van der Waals surface area contributed by atoms with Gasteiger partial charge >= 0.3 is 0 Å². The number of para-hydroxylation sites is 1. The summed E-state index contributed by atoms with van der Waals surface area (Å²) in [6.45, 7) is 0.640. The first-order chi connectivity index (χ1) is 14.9. The molecule has 0 saturated carbocycles. The number of hydrogen-bond acceptors (Lipinski definition) is 4. The lowest BCUT2D eigenvalue weighted by Crippen LogP contribution is -2.30. The molecule has 0 saturated heterocycles. The van der Waals surface area contributed by atoms with Gasteiger partial charge in [0.1, 0.15) is 5.75 Å². The number of nitrogens with zero attached hydrogens (tertiary/aromatic N) is 1. The maximum atomic E-state index is 13.3. The molecule has 1 N–H and O–H groups in total. The molecule has 6 nitrogen and oxygen atoms in total. The molecule has 0 atom stereocenters. The monoisotopic (exact) mass is 456 g/mol. The lowest BCUT2D eigenvalue weighted by Gasteiger charge is -2.20. The summed E-state index contributed by atoms with van der Waals surface area (Å²) in [6.07, 6.45) is 0.653. The number of hydrogen-bond donors (Lipinski definition) is 1. The molecule has 1 heterocycles. The Morgan fingerprint density at radius 2 is 1.84 bits per heavy atom. The predicted octanol–water partition coefficient (Wildman–Crippen LogP) is 4.03. The van der Waals surface area contributed by atoms with Crippen molar-refractivity contribution in [3.8, 4) is 5.75 Å². The molecule has 4 rings (SSSR count). The molecular formula is C23H21ClN2O4S. The fourth-order valence-electron chi connectivity index (χ4n) is 3.59. The molecule has 1 aliphatic heterocycles. The van der Waals surface area contributed by atoms with Crippen LogP contribution in [0.15, 0.2) is 71.6 Å². The molecular weight excluding hydrogens is 436 g/mol. The second-order valence-corrected chi connectivity index (χ2v) is 9.43. The number of benzene rings is 3. The van der Waals surface area contributed by atoms with E-state index in [4.69, 9.17) is 16.3 Å². The van der Waals surface area contributed by atoms with Gasteiger partial charge in [-0.1, -0.05) is 41.9 Å². The van der Waals surface area contributed by atoms with E-state index >= 15 is 0 Å². The highest BCUT2D eigenvalue weighted by molar-refractivity contribution is 7.92. The Labute approximate surface area is 186 Å². The number of fused-ring (bicyclic) bond motifs is 1. The molecule has 0 unspecified atom stereocenters. The van der Waals surface area contributed by atoms with Crippen LogP contribution >= 0.6 is 11.6 Å². The predicted molar refractivity (Wildman–Crippen MR) is 120 cm³/mol. The van der Waals surface area contributed by atoms with Crippen molar-refractivity contribution in [1.29, 1.82) is 0 Å². The maximum Gasteiger partial charge on any atom is 0.264 e. The summed E-state index contributed by atoms with van der Waals surface area (Å²) in [7, 11) is -2.38. The highest BCUT2D eigenvalue weighted by Gasteiger charge is 2.31. The summed E-state index contributed by atoms with van der Waals surface area (Å²) in [6, 6.07) is 18.9. The zero-order valence-corrected chi connectivity index (χ0v) is 18.4. The number of carbonyl (C=O) groups excluding carboxylic acids is 1. The van der Waals surface area contributed by atoms with Crippen LogP contribution < -0.4 is 14.4 Å². The van der Waals surface area contributed by atoms with Gasteiger partial charge in [-0.25, -0.2) is 8.42 Å². The van der Waals surface area contributed by atoms with Crippen molar-refractivity contribution in [2.45, 2.75) is 17.9 Å². The first-order valence-corrected chi connectivity index (χ1v) is 11.5. The first-order valence-electron chi connectivity index (χ1n) is 9.71. The van der Waals surface area contributed by atoms with Crippen LogP contribution in [0.5, 0.6) is 5.75 Å². The van der Waals surface area contributed by atoms with Crippen molar-refractivity contribution in [3.05, 3.63) is 88.4 Å². The van der Waals surface area contributed by atoms with E-state index in [1.165, 1.54) is 29.6 Å². The van der Waals surface area contributed by atoms with E-state index in [0.29, 0.717) is 29.4 Å². The highest BCUT2D eigenvalue weighted by atomic mass is 35.5. The SMILES string of the molecule is COc1ccc(S(=O)(=O)N2CCc3ccccc32)cc1C(=O)NCc1ccc(Cl)cc1. The van der Waals surface area contributed by atoms with E-state index in [0.717, 1.165) is 11.1 Å². The van der Waals surface area contributed by atoms with Gasteiger partial charge in [0, 0.05) is 18.1 Å². The smallest absolute Gasteiger partial charge is 0.264 e. The van der Waals surface area contributed by atoms with Gasteiger partial charge in [-0.05, 0) is 53.9 Å². The second-order valence-electron chi connectivity index (χ2n) is 7.13. The number of ether oxygens (including phenoxy) is 1. The number of anilines is 1. The standard InChI is InChI=1S/C23H21ClN2O4S/c1-30-22-11-10-19(31(28,29)26-13-12-17-4-2-3-5-21(17)26)14-20(22)23(27)25-15-16-6-8-18(24)9-7-16/h2-11,14H,12-13,15H2,1H3,(H,25,27). The molecule has 3 aromatic rings. The number of carbonyl (C=O) groups is 1. The van der Waals surface area contributed by atoms with Crippen molar-refractivity contribution in [3.63, 3.8) is 0 Å². The van der Waals surface area contributed by atoms with Crippen LogP contribution in [0.4, 0.5) is 5.69 Å². The second kappa shape index (κ2) is 8.61. The fraction of sp³-hybridized carbons (Fsp3) is 0.174. The molecule has 3 aromatic carbocycles. The third-order valence-electron chi connectivity index (χ3n) is 5.21. The number of methoxy groups -OCH3 is 1. The highest BCUT2D eigenvalue weighted by Crippen LogP contribution is 2.34. The Hall–Kier alpha value is -3.03. The summed E-state index contributed by atoms with van der Waals surface area (Å²) in [5.41, 5.74) is 2.69. The van der Waals surface area contributed by atoms with Crippen LogP contribution in [0, 0.1) is 0 Å². The Bertz CT molecular complexity index is 1230. The number of sulfonamides is 1. The minimum atomic E-state index is -3.82. The third-order valence-corrected chi connectivity index (χ3v) is 7.28. The van der Waals surface area contributed by atoms with Crippen LogP contribution in [0.3, 0.4) is 0 Å². The molecule has 1 aliphatic rings. The lowest BCUT2D eigenvalue weighted by atomic mass is 10.1. The van der Waals surface area contributed by atoms with E-state index in [9.17, 15) is 13.2 Å². The number of rotatable bonds is 6. The van der Waals surface area contributed by atoms with Gasteiger partial charge in [0.2, 0.25) is 0 Å². The first kappa shape index (κ1) is 21.2. The van der Waals surface area contributed by atoms with E-state index in [1.54, 1.807) is 18.2 Å². The van der Waals surface area contributed by atoms with Gasteiger partial charge in [-0.3, -0.25) is 9.10 Å². The van der Waals surface area contributed by atoms with Crippen LogP contribution in [0.25, 0.3) is 0 Å². The fourth-order valence-corrected chi connectivity index (χ4v) is 5.25. The molecule has 0 aliphatic carbocycles. The van der Waals surface area contributed by atoms with Gasteiger partial charge in [-0.2, -0.15) is 0 Å². The Balaban J connectivity index is 1.61. The van der Waals surface area contributed by atoms with Crippen LogP contribution in [-0.4, -0.2) is 28.0 Å². The lowest BCUT2D eigenvalue weighted by molar-refractivity contribution is 0.0947. The normalized spacial score (nSPS) is 13.0. The summed E-state index contributed by atoms with van der Waals surface area (Å²) in [5, 5.41) is 3.41. The average Bonchev–Trinajstić information content (AvgIpc) is 3.23. The molecule has 0 spiro atoms. The van der Waals surface area contributed by atoms with Crippen molar-refractivity contribution in [1.82, 2.24) is 5.32 Å². The van der Waals surface area contributed by atoms with Crippen molar-refractivity contribution >= 4 is 33.2 Å². The minimum Gasteiger partial charge on any atom is -0.496 e. The number of halogens is 1. The summed E-state index contributed by atoms with van der Waals surface area (Å²) in [4.78, 5) is 12.9. The Morgan fingerprint density at radius 1 is 1.10 bits per heavy atom. The van der Waals surface area contributed by atoms with Gasteiger partial charge in [0.15, 0.2) is 0 Å². The van der Waals surface area contributed by atoms with Gasteiger partial charge in [0.05, 0.1) is 23.3 Å². The van der Waals surface area contributed by atoms with Gasteiger partial charge in [0.25, 0.3) is 15.9 Å². The quantitative estimate of drug-likeness (QED) is 0.607. The van der Waals surface area contributed by atoms with Crippen LogP contribution in [0.1, 0.15) is 21.5 Å². The zero-order chi connectivity index (χ0) is 22.0. The molecule has 0 radical (unpaired) electrons. The number of nitrogens with one attached hydrogen (secondary N) is 1. The van der Waals surface area contributed by atoms with E-state index in [-0.39, 0.29) is 17.0 Å². The molecule has 0 aromatic heterocycles. The third kappa shape index (κ3) is 4.24. The maximum absolute atomic E-state index is 13.3. The minimum absolute atomic E-state index is 0.0432. The van der Waals surface area contributed by atoms with E-state index in [1.807, 2.05) is 30.3 Å². The Kier molecular flexibility index (Phi) is 5.89. The summed E-state index contributed by atoms with van der Waals surface area (Å²) in [5.74, 6) is -0.125. The van der Waals surface area contributed by atoms with Crippen molar-refractivity contribution in [2.24, 2.45) is 0 Å². The molecule has 160 valence electrons. The van der Waals surface area contributed by atoms with Gasteiger partial charge in [-0.15, -0.1) is 0 Å². The summed E-state index contributed by atoms with van der Waals surface area (Å²) >= 11 is 5.89. The molecule has 8 heteroatoms. The summed E-state index contributed by atoms with van der Waals surface area (Å²) < 4.78 is 33.3. The average molecular weight is 457 g/mol.